The van der Waals surface area contributed by atoms with Crippen LogP contribution in [0, 0.1) is 5.92 Å². The molecule has 3 rings (SSSR count). The largest absolute Gasteiger partial charge is 0.317 e. The molecule has 108 valence electrons. The molecule has 1 unspecified atom stereocenters. The Morgan fingerprint density at radius 3 is 2.80 bits per heavy atom. The maximum Gasteiger partial charge on any atom is 0.0718 e. The molecule has 1 saturated carbocycles. The molecule has 1 fully saturated rings. The summed E-state index contributed by atoms with van der Waals surface area (Å²) in [5, 5.41) is 9.54. The molecule has 20 heavy (non-hydrogen) atoms. The first-order valence-electron chi connectivity index (χ1n) is 7.86. The van der Waals surface area contributed by atoms with E-state index in [1.807, 2.05) is 11.7 Å². The van der Waals surface area contributed by atoms with E-state index in [0.717, 1.165) is 12.3 Å². The first kappa shape index (κ1) is 13.6. The summed E-state index contributed by atoms with van der Waals surface area (Å²) in [4.78, 5) is 0. The van der Waals surface area contributed by atoms with Gasteiger partial charge in [0.15, 0.2) is 0 Å². The van der Waals surface area contributed by atoms with Crippen molar-refractivity contribution in [1.82, 2.24) is 15.1 Å². The van der Waals surface area contributed by atoms with E-state index in [2.05, 4.69) is 36.6 Å². The van der Waals surface area contributed by atoms with Crippen LogP contribution in [0.2, 0.25) is 0 Å². The van der Waals surface area contributed by atoms with Gasteiger partial charge < -0.3 is 5.32 Å². The van der Waals surface area contributed by atoms with Gasteiger partial charge in [-0.25, -0.2) is 0 Å². The van der Waals surface area contributed by atoms with Crippen molar-refractivity contribution >= 4 is 10.9 Å². The van der Waals surface area contributed by atoms with Gasteiger partial charge in [0.25, 0.3) is 0 Å². The van der Waals surface area contributed by atoms with Crippen molar-refractivity contribution in [3.05, 3.63) is 30.0 Å². The minimum Gasteiger partial charge on any atom is -0.317 e. The van der Waals surface area contributed by atoms with Crippen LogP contribution in [0.3, 0.4) is 0 Å². The van der Waals surface area contributed by atoms with Crippen LogP contribution in [0.25, 0.3) is 10.9 Å². The molecule has 1 aliphatic carbocycles. The van der Waals surface area contributed by atoms with Gasteiger partial charge in [0, 0.05) is 24.9 Å². The van der Waals surface area contributed by atoms with Crippen molar-refractivity contribution in [3.8, 4) is 0 Å². The highest BCUT2D eigenvalue weighted by Gasteiger charge is 2.21. The summed E-state index contributed by atoms with van der Waals surface area (Å²) < 4.78 is 2.01. The number of likely N-dealkylation sites (N-methyl/N-ethyl adjacent to an activating group) is 1. The Labute approximate surface area is 121 Å². The fourth-order valence-corrected chi connectivity index (χ4v) is 3.62. The molecule has 3 nitrogen and oxygen atoms in total. The number of fused-ring (bicyclic) bond motifs is 1. The molecular formula is C17H25N3. The average Bonchev–Trinajstić information content (AvgIpc) is 3.08. The minimum atomic E-state index is 0.552. The summed E-state index contributed by atoms with van der Waals surface area (Å²) >= 11 is 0. The van der Waals surface area contributed by atoms with Crippen LogP contribution in [0.1, 0.15) is 37.8 Å². The smallest absolute Gasteiger partial charge is 0.0718 e. The summed E-state index contributed by atoms with van der Waals surface area (Å²) in [6.07, 6.45) is 8.01. The van der Waals surface area contributed by atoms with Crippen molar-refractivity contribution in [1.29, 1.82) is 0 Å². The molecule has 2 aromatic rings. The molecule has 1 aliphatic rings. The SMILES string of the molecule is CNC(Cc1nn(C)c2ccccc12)CC1CCCC1. The number of rotatable bonds is 5. The first-order valence-corrected chi connectivity index (χ1v) is 7.86. The van der Waals surface area contributed by atoms with Crippen LogP contribution in [0.4, 0.5) is 0 Å². The van der Waals surface area contributed by atoms with Crippen LogP contribution in [-0.4, -0.2) is 22.9 Å². The molecule has 0 radical (unpaired) electrons. The predicted molar refractivity (Wildman–Crippen MR) is 83.8 cm³/mol. The lowest BCUT2D eigenvalue weighted by Gasteiger charge is -2.19. The highest BCUT2D eigenvalue weighted by atomic mass is 15.3. The van der Waals surface area contributed by atoms with Crippen LogP contribution < -0.4 is 5.32 Å². The van der Waals surface area contributed by atoms with Gasteiger partial charge in [-0.1, -0.05) is 43.9 Å². The Morgan fingerprint density at radius 1 is 1.30 bits per heavy atom. The van der Waals surface area contributed by atoms with Gasteiger partial charge in [-0.2, -0.15) is 5.10 Å². The number of aromatic nitrogens is 2. The number of nitrogens with zero attached hydrogens (tertiary/aromatic N) is 2. The average molecular weight is 271 g/mol. The monoisotopic (exact) mass is 271 g/mol. The molecule has 1 atom stereocenters. The van der Waals surface area contributed by atoms with Gasteiger partial charge in [-0.3, -0.25) is 4.68 Å². The molecular weight excluding hydrogens is 246 g/mol. The quantitative estimate of drug-likeness (QED) is 0.904. The molecule has 0 spiro atoms. The number of nitrogens with one attached hydrogen (secondary N) is 1. The van der Waals surface area contributed by atoms with Gasteiger partial charge in [0.2, 0.25) is 0 Å². The van der Waals surface area contributed by atoms with E-state index < -0.39 is 0 Å². The Kier molecular flexibility index (Phi) is 4.06. The number of hydrogen-bond acceptors (Lipinski definition) is 2. The summed E-state index contributed by atoms with van der Waals surface area (Å²) in [5.41, 5.74) is 2.47. The van der Waals surface area contributed by atoms with Gasteiger partial charge in [0.05, 0.1) is 11.2 Å². The number of aryl methyl sites for hydroxylation is 1. The lowest BCUT2D eigenvalue weighted by Crippen LogP contribution is -2.30. The zero-order valence-electron chi connectivity index (χ0n) is 12.6. The Hall–Kier alpha value is -1.35. The molecule has 1 heterocycles. The Bertz CT molecular complexity index is 567. The third-order valence-corrected chi connectivity index (χ3v) is 4.77. The van der Waals surface area contributed by atoms with E-state index >= 15 is 0 Å². The van der Waals surface area contributed by atoms with E-state index in [4.69, 9.17) is 5.10 Å². The van der Waals surface area contributed by atoms with Gasteiger partial charge in [-0.05, 0) is 25.5 Å². The molecule has 1 aromatic heterocycles. The standard InChI is InChI=1S/C17H25N3/c1-18-14(11-13-7-3-4-8-13)12-16-15-9-5-6-10-17(15)20(2)19-16/h5-6,9-10,13-14,18H,3-4,7-8,11-12H2,1-2H3. The maximum atomic E-state index is 4.73. The topological polar surface area (TPSA) is 29.9 Å². The third kappa shape index (κ3) is 2.73. The number of para-hydroxylation sites is 1. The highest BCUT2D eigenvalue weighted by Crippen LogP contribution is 2.29. The van der Waals surface area contributed by atoms with Gasteiger partial charge in [-0.15, -0.1) is 0 Å². The van der Waals surface area contributed by atoms with Gasteiger partial charge >= 0.3 is 0 Å². The van der Waals surface area contributed by atoms with E-state index in [9.17, 15) is 0 Å². The van der Waals surface area contributed by atoms with E-state index in [0.29, 0.717) is 6.04 Å². The summed E-state index contributed by atoms with van der Waals surface area (Å²) in [7, 11) is 4.13. The zero-order chi connectivity index (χ0) is 13.9. The van der Waals surface area contributed by atoms with E-state index in [1.165, 1.54) is 48.7 Å². The van der Waals surface area contributed by atoms with Crippen molar-refractivity contribution < 1.29 is 0 Å². The molecule has 1 N–H and O–H groups in total. The maximum absolute atomic E-state index is 4.73. The predicted octanol–water partition coefficient (Wildman–Crippen LogP) is 3.28. The molecule has 0 saturated heterocycles. The van der Waals surface area contributed by atoms with E-state index in [1.54, 1.807) is 0 Å². The molecule has 0 bridgehead atoms. The molecule has 1 aromatic carbocycles. The summed E-state index contributed by atoms with van der Waals surface area (Å²) in [5.74, 6) is 0.919. The van der Waals surface area contributed by atoms with Crippen molar-refractivity contribution in [3.63, 3.8) is 0 Å². The zero-order valence-corrected chi connectivity index (χ0v) is 12.6. The minimum absolute atomic E-state index is 0.552. The third-order valence-electron chi connectivity index (χ3n) is 4.77. The second-order valence-corrected chi connectivity index (χ2v) is 6.16. The molecule has 3 heteroatoms. The number of benzene rings is 1. The second-order valence-electron chi connectivity index (χ2n) is 6.16. The van der Waals surface area contributed by atoms with Crippen molar-refractivity contribution in [2.75, 3.05) is 7.05 Å². The lowest BCUT2D eigenvalue weighted by atomic mass is 9.95. The summed E-state index contributed by atoms with van der Waals surface area (Å²) in [6.45, 7) is 0. The lowest BCUT2D eigenvalue weighted by molar-refractivity contribution is 0.400. The normalized spacial score (nSPS) is 17.9. The highest BCUT2D eigenvalue weighted by molar-refractivity contribution is 5.81. The van der Waals surface area contributed by atoms with Crippen LogP contribution in [-0.2, 0) is 13.5 Å². The van der Waals surface area contributed by atoms with Crippen LogP contribution >= 0.6 is 0 Å². The van der Waals surface area contributed by atoms with Crippen molar-refractivity contribution in [2.45, 2.75) is 44.6 Å². The van der Waals surface area contributed by atoms with Crippen LogP contribution in [0.15, 0.2) is 24.3 Å². The Balaban J connectivity index is 1.76. The Morgan fingerprint density at radius 2 is 2.05 bits per heavy atom. The first-order chi connectivity index (χ1) is 9.78. The summed E-state index contributed by atoms with van der Waals surface area (Å²) in [6, 6.07) is 9.09. The van der Waals surface area contributed by atoms with Gasteiger partial charge in [0.1, 0.15) is 0 Å². The number of hydrogen-bond donors (Lipinski definition) is 1. The second kappa shape index (κ2) is 5.96. The molecule has 0 aliphatic heterocycles. The molecule has 0 amide bonds. The van der Waals surface area contributed by atoms with Crippen molar-refractivity contribution in [2.24, 2.45) is 13.0 Å². The fraction of sp³-hybridized carbons (Fsp3) is 0.588. The van der Waals surface area contributed by atoms with Crippen LogP contribution in [0.5, 0.6) is 0 Å². The fourth-order valence-electron chi connectivity index (χ4n) is 3.62. The van der Waals surface area contributed by atoms with E-state index in [-0.39, 0.29) is 0 Å².